The summed E-state index contributed by atoms with van der Waals surface area (Å²) >= 11 is 0. The first-order valence-corrected chi connectivity index (χ1v) is 8.11. The lowest BCUT2D eigenvalue weighted by molar-refractivity contribution is -0.124. The van der Waals surface area contributed by atoms with E-state index >= 15 is 0 Å². The second-order valence-corrected chi connectivity index (χ2v) is 5.68. The van der Waals surface area contributed by atoms with E-state index in [0.717, 1.165) is 47.0 Å². The summed E-state index contributed by atoms with van der Waals surface area (Å²) in [7, 11) is 0. The third-order valence-electron chi connectivity index (χ3n) is 3.55. The van der Waals surface area contributed by atoms with Gasteiger partial charge in [0.1, 0.15) is 0 Å². The van der Waals surface area contributed by atoms with Crippen molar-refractivity contribution in [1.29, 1.82) is 0 Å². The third kappa shape index (κ3) is 8.84. The number of hydrogen-bond donors (Lipinski definition) is 2. The Hall–Kier alpha value is -1.66. The van der Waals surface area contributed by atoms with Crippen molar-refractivity contribution in [1.82, 2.24) is 0 Å². The predicted molar refractivity (Wildman–Crippen MR) is 91.5 cm³/mol. The van der Waals surface area contributed by atoms with Crippen LogP contribution >= 0.6 is 0 Å². The minimum atomic E-state index is -0.557. The molecule has 2 N–H and O–H groups in total. The summed E-state index contributed by atoms with van der Waals surface area (Å²) in [6, 6.07) is 0. The summed E-state index contributed by atoms with van der Waals surface area (Å²) in [5.74, 6) is -2.15. The van der Waals surface area contributed by atoms with Gasteiger partial charge in [-0.25, -0.2) is 0 Å². The quantitative estimate of drug-likeness (QED) is 0.376. The van der Waals surface area contributed by atoms with Crippen molar-refractivity contribution in [2.45, 2.75) is 66.9 Å². The average molecular weight is 342 g/mol. The van der Waals surface area contributed by atoms with Crippen molar-refractivity contribution in [3.63, 3.8) is 0 Å². The molecule has 2 unspecified atom stereocenters. The molecule has 0 aromatic carbocycles. The van der Waals surface area contributed by atoms with Crippen LogP contribution < -0.4 is 0 Å². The monoisotopic (exact) mass is 342 g/mol. The summed E-state index contributed by atoms with van der Waals surface area (Å²) < 4.78 is 0. The zero-order chi connectivity index (χ0) is 19.4. The maximum atomic E-state index is 11.1. The molecule has 24 heavy (non-hydrogen) atoms. The Morgan fingerprint density at radius 3 is 1.29 bits per heavy atom. The van der Waals surface area contributed by atoms with Crippen molar-refractivity contribution in [2.75, 3.05) is 6.61 Å². The van der Waals surface area contributed by atoms with Gasteiger partial charge in [0.15, 0.2) is 23.1 Å². The maximum Gasteiger partial charge on any atom is 0.164 e. The molecule has 0 aliphatic rings. The SMILES string of the molecule is CC(=O)C(C(C)=O)=C(C(C)=O)C(C)=O.CCCC(O)C(CC)CO. The standard InChI is InChI=1S/C10H12O4.C8H18O2/c1-5(11)9(6(2)12)10(7(3)13)8(4)14;1-3-5-8(10)7(4-2)6-9/h1-4H3;7-10H,3-6H2,1-2H3. The topological polar surface area (TPSA) is 109 Å². The molecular formula is C18H30O6. The normalized spacial score (nSPS) is 12.3. The number of aliphatic hydroxyl groups is 2. The van der Waals surface area contributed by atoms with Gasteiger partial charge in [-0.3, -0.25) is 19.2 Å². The molecule has 138 valence electrons. The largest absolute Gasteiger partial charge is 0.396 e. The molecule has 0 saturated carbocycles. The lowest BCUT2D eigenvalue weighted by Crippen LogP contribution is -2.22. The van der Waals surface area contributed by atoms with E-state index in [0.29, 0.717) is 0 Å². The van der Waals surface area contributed by atoms with E-state index in [2.05, 4.69) is 0 Å². The first-order chi connectivity index (χ1) is 11.0. The van der Waals surface area contributed by atoms with Gasteiger partial charge in [-0.1, -0.05) is 20.3 Å². The van der Waals surface area contributed by atoms with Gasteiger partial charge in [-0.05, 0) is 40.5 Å². The zero-order valence-corrected chi connectivity index (χ0v) is 15.5. The highest BCUT2D eigenvalue weighted by Gasteiger charge is 2.22. The van der Waals surface area contributed by atoms with Crippen molar-refractivity contribution in [3.8, 4) is 0 Å². The molecule has 6 heteroatoms. The molecule has 0 rings (SSSR count). The van der Waals surface area contributed by atoms with Gasteiger partial charge < -0.3 is 10.2 Å². The Balaban J connectivity index is 0. The van der Waals surface area contributed by atoms with Crippen LogP contribution in [0.25, 0.3) is 0 Å². The second-order valence-electron chi connectivity index (χ2n) is 5.68. The minimum Gasteiger partial charge on any atom is -0.396 e. The third-order valence-corrected chi connectivity index (χ3v) is 3.55. The van der Waals surface area contributed by atoms with Crippen LogP contribution in [0.5, 0.6) is 0 Å². The van der Waals surface area contributed by atoms with E-state index in [-0.39, 0.29) is 29.8 Å². The second kappa shape index (κ2) is 12.7. The highest BCUT2D eigenvalue weighted by Crippen LogP contribution is 2.12. The van der Waals surface area contributed by atoms with E-state index in [9.17, 15) is 24.3 Å². The Morgan fingerprint density at radius 1 is 0.792 bits per heavy atom. The number of allylic oxidation sites excluding steroid dienone is 2. The van der Waals surface area contributed by atoms with Crippen LogP contribution in [0.4, 0.5) is 0 Å². The number of carbonyl (C=O) groups is 4. The number of aliphatic hydroxyl groups excluding tert-OH is 2. The Bertz CT molecular complexity index is 420. The highest BCUT2D eigenvalue weighted by molar-refractivity contribution is 6.31. The van der Waals surface area contributed by atoms with Gasteiger partial charge in [0.25, 0.3) is 0 Å². The van der Waals surface area contributed by atoms with Gasteiger partial charge in [0.05, 0.1) is 17.3 Å². The zero-order valence-electron chi connectivity index (χ0n) is 15.5. The van der Waals surface area contributed by atoms with Crippen molar-refractivity contribution in [3.05, 3.63) is 11.1 Å². The molecule has 0 aromatic heterocycles. The fourth-order valence-corrected chi connectivity index (χ4v) is 2.25. The Labute approximate surface area is 143 Å². The predicted octanol–water partition coefficient (Wildman–Crippen LogP) is 1.80. The molecule has 6 nitrogen and oxygen atoms in total. The Kier molecular flexibility index (Phi) is 13.0. The average Bonchev–Trinajstić information content (AvgIpc) is 2.45. The lowest BCUT2D eigenvalue weighted by atomic mass is 9.96. The van der Waals surface area contributed by atoms with Crippen molar-refractivity contribution < 1.29 is 29.4 Å². The van der Waals surface area contributed by atoms with E-state index in [1.54, 1.807) is 0 Å². The fourth-order valence-electron chi connectivity index (χ4n) is 2.25. The summed E-state index contributed by atoms with van der Waals surface area (Å²) in [5.41, 5.74) is -0.602. The van der Waals surface area contributed by atoms with Gasteiger partial charge in [0, 0.05) is 12.5 Å². The van der Waals surface area contributed by atoms with Gasteiger partial charge >= 0.3 is 0 Å². The van der Waals surface area contributed by atoms with Crippen LogP contribution in [0.3, 0.4) is 0 Å². The molecule has 0 aliphatic heterocycles. The summed E-state index contributed by atoms with van der Waals surface area (Å²) in [6.07, 6.45) is 2.34. The van der Waals surface area contributed by atoms with Crippen LogP contribution in [0.2, 0.25) is 0 Å². The van der Waals surface area contributed by atoms with E-state index in [1.807, 2.05) is 13.8 Å². The maximum absolute atomic E-state index is 11.1. The minimum absolute atomic E-state index is 0.0833. The molecule has 0 amide bonds. The molecule has 0 saturated heterocycles. The van der Waals surface area contributed by atoms with Gasteiger partial charge in [0.2, 0.25) is 0 Å². The number of ketones is 4. The molecular weight excluding hydrogens is 312 g/mol. The smallest absolute Gasteiger partial charge is 0.164 e. The van der Waals surface area contributed by atoms with Crippen LogP contribution in [-0.4, -0.2) is 46.1 Å². The van der Waals surface area contributed by atoms with Crippen molar-refractivity contribution >= 4 is 23.1 Å². The molecule has 0 fully saturated rings. The van der Waals surface area contributed by atoms with Crippen LogP contribution in [0, 0.1) is 5.92 Å². The van der Waals surface area contributed by atoms with E-state index in [4.69, 9.17) is 5.11 Å². The fraction of sp³-hybridized carbons (Fsp3) is 0.667. The molecule has 0 bridgehead atoms. The number of hydrogen-bond acceptors (Lipinski definition) is 6. The summed E-state index contributed by atoms with van der Waals surface area (Å²) in [6.45, 7) is 8.75. The number of carbonyl (C=O) groups excluding carboxylic acids is 4. The van der Waals surface area contributed by atoms with Crippen LogP contribution in [-0.2, 0) is 19.2 Å². The van der Waals surface area contributed by atoms with Gasteiger partial charge in [-0.15, -0.1) is 0 Å². The summed E-state index contributed by atoms with van der Waals surface area (Å²) in [5, 5.41) is 18.1. The number of rotatable bonds is 9. The van der Waals surface area contributed by atoms with Crippen LogP contribution in [0.15, 0.2) is 11.1 Å². The molecule has 2 atom stereocenters. The first-order valence-electron chi connectivity index (χ1n) is 8.11. The summed E-state index contributed by atoms with van der Waals surface area (Å²) in [4.78, 5) is 44.2. The van der Waals surface area contributed by atoms with Gasteiger partial charge in [-0.2, -0.15) is 0 Å². The molecule has 0 aliphatic carbocycles. The lowest BCUT2D eigenvalue weighted by Gasteiger charge is -2.17. The number of Topliss-reactive ketones (excluding diaryl/α,β-unsaturated/α-hetero) is 4. The van der Waals surface area contributed by atoms with Crippen LogP contribution in [0.1, 0.15) is 60.8 Å². The van der Waals surface area contributed by atoms with Crippen molar-refractivity contribution in [2.24, 2.45) is 5.92 Å². The first kappa shape index (κ1) is 24.6. The molecule has 0 heterocycles. The Morgan fingerprint density at radius 2 is 1.12 bits per heavy atom. The van der Waals surface area contributed by atoms with E-state index < -0.39 is 23.1 Å². The molecule has 0 aromatic rings. The highest BCUT2D eigenvalue weighted by atomic mass is 16.3. The van der Waals surface area contributed by atoms with E-state index in [1.165, 1.54) is 0 Å². The molecule has 0 radical (unpaired) electrons. The molecule has 0 spiro atoms.